The largest absolute Gasteiger partial charge is 0.392 e. The van der Waals surface area contributed by atoms with Crippen molar-refractivity contribution < 1.29 is 5.11 Å². The number of fused-ring (bicyclic) bond motifs is 1. The Kier molecular flexibility index (Phi) is 3.49. The molecule has 3 aromatic rings. The lowest BCUT2D eigenvalue weighted by atomic mass is 10.2. The van der Waals surface area contributed by atoms with Crippen molar-refractivity contribution in [3.05, 3.63) is 30.7 Å². The summed E-state index contributed by atoms with van der Waals surface area (Å²) in [7, 11) is 1.83. The zero-order chi connectivity index (χ0) is 14.8. The first-order valence-corrected chi connectivity index (χ1v) is 6.67. The van der Waals surface area contributed by atoms with Gasteiger partial charge in [-0.25, -0.2) is 9.97 Å². The van der Waals surface area contributed by atoms with Gasteiger partial charge in [-0.1, -0.05) is 0 Å². The Hall–Kier alpha value is -2.54. The molecule has 3 heterocycles. The molecule has 0 amide bonds. The number of nitrogens with one attached hydrogen (secondary N) is 1. The number of aromatic nitrogens is 5. The summed E-state index contributed by atoms with van der Waals surface area (Å²) in [6.07, 6.45) is 4.68. The van der Waals surface area contributed by atoms with E-state index in [1.54, 1.807) is 30.2 Å². The first-order chi connectivity index (χ1) is 10.1. The molecule has 0 aliphatic carbocycles. The van der Waals surface area contributed by atoms with Gasteiger partial charge in [0.1, 0.15) is 5.82 Å². The average Bonchev–Trinajstić information content (AvgIpc) is 2.87. The van der Waals surface area contributed by atoms with Gasteiger partial charge in [-0.15, -0.1) is 0 Å². The minimum Gasteiger partial charge on any atom is -0.392 e. The molecule has 1 atom stereocenters. The Morgan fingerprint density at radius 3 is 2.90 bits per heavy atom. The highest BCUT2D eigenvalue weighted by molar-refractivity contribution is 5.88. The van der Waals surface area contributed by atoms with E-state index < -0.39 is 6.10 Å². The summed E-state index contributed by atoms with van der Waals surface area (Å²) in [6.45, 7) is 2.13. The molecule has 0 aliphatic rings. The summed E-state index contributed by atoms with van der Waals surface area (Å²) < 4.78 is 1.70. The predicted octanol–water partition coefficient (Wildman–Crippen LogP) is 1.22. The number of aliphatic hydroxyl groups is 1. The van der Waals surface area contributed by atoms with Gasteiger partial charge in [0, 0.05) is 31.5 Å². The van der Waals surface area contributed by atoms with E-state index in [4.69, 9.17) is 0 Å². The van der Waals surface area contributed by atoms with Crippen LogP contribution in [0.2, 0.25) is 0 Å². The van der Waals surface area contributed by atoms with E-state index in [0.717, 1.165) is 16.6 Å². The zero-order valence-corrected chi connectivity index (χ0v) is 11.9. The quantitative estimate of drug-likeness (QED) is 0.749. The van der Waals surface area contributed by atoms with Gasteiger partial charge in [0.25, 0.3) is 0 Å². The third-order valence-corrected chi connectivity index (χ3v) is 3.08. The molecule has 7 nitrogen and oxygen atoms in total. The summed E-state index contributed by atoms with van der Waals surface area (Å²) in [5.41, 5.74) is 1.57. The highest BCUT2D eigenvalue weighted by Gasteiger charge is 2.13. The Labute approximate surface area is 121 Å². The highest BCUT2D eigenvalue weighted by Crippen LogP contribution is 2.23. The van der Waals surface area contributed by atoms with Crippen molar-refractivity contribution in [2.45, 2.75) is 13.0 Å². The SMILES string of the molecule is CC(O)CNc1nc(-c2cccnc2)nc2c1cnn2C. The normalized spacial score (nSPS) is 12.5. The molecule has 0 fully saturated rings. The summed E-state index contributed by atoms with van der Waals surface area (Å²) in [6, 6.07) is 3.75. The van der Waals surface area contributed by atoms with Crippen molar-refractivity contribution in [3.63, 3.8) is 0 Å². The van der Waals surface area contributed by atoms with Crippen LogP contribution in [0.4, 0.5) is 5.82 Å². The molecule has 0 spiro atoms. The van der Waals surface area contributed by atoms with Crippen LogP contribution in [0.15, 0.2) is 30.7 Å². The number of nitrogens with zero attached hydrogens (tertiary/aromatic N) is 5. The third kappa shape index (κ3) is 2.68. The Balaban J connectivity index is 2.11. The zero-order valence-electron chi connectivity index (χ0n) is 11.9. The number of pyridine rings is 1. The fraction of sp³-hybridized carbons (Fsp3) is 0.286. The van der Waals surface area contributed by atoms with E-state index in [2.05, 4.69) is 25.4 Å². The summed E-state index contributed by atoms with van der Waals surface area (Å²) in [4.78, 5) is 13.2. The first-order valence-electron chi connectivity index (χ1n) is 6.67. The van der Waals surface area contributed by atoms with Crippen molar-refractivity contribution >= 4 is 16.9 Å². The molecule has 0 saturated carbocycles. The standard InChI is InChI=1S/C14H16N6O/c1-9(21)6-16-13-11-8-17-20(2)14(11)19-12(18-13)10-4-3-5-15-7-10/h3-5,7-9,21H,6H2,1-2H3,(H,16,18,19). The van der Waals surface area contributed by atoms with Gasteiger partial charge < -0.3 is 10.4 Å². The molecule has 0 aromatic carbocycles. The molecule has 7 heteroatoms. The fourth-order valence-corrected chi connectivity index (χ4v) is 2.03. The van der Waals surface area contributed by atoms with Gasteiger partial charge in [-0.05, 0) is 19.1 Å². The maximum absolute atomic E-state index is 9.44. The van der Waals surface area contributed by atoms with Crippen LogP contribution < -0.4 is 5.32 Å². The van der Waals surface area contributed by atoms with Gasteiger partial charge in [-0.2, -0.15) is 5.10 Å². The Bertz CT molecular complexity index is 753. The van der Waals surface area contributed by atoms with Crippen LogP contribution in [-0.4, -0.2) is 42.5 Å². The maximum atomic E-state index is 9.44. The summed E-state index contributed by atoms with van der Waals surface area (Å²) >= 11 is 0. The third-order valence-electron chi connectivity index (χ3n) is 3.08. The van der Waals surface area contributed by atoms with Crippen LogP contribution in [0.1, 0.15) is 6.92 Å². The topological polar surface area (TPSA) is 88.8 Å². The van der Waals surface area contributed by atoms with Crippen molar-refractivity contribution in [2.24, 2.45) is 7.05 Å². The molecule has 3 rings (SSSR count). The van der Waals surface area contributed by atoms with Crippen LogP contribution in [0.5, 0.6) is 0 Å². The van der Waals surface area contributed by atoms with Gasteiger partial charge in [0.2, 0.25) is 0 Å². The molecule has 0 radical (unpaired) electrons. The molecule has 1 unspecified atom stereocenters. The van der Waals surface area contributed by atoms with Crippen LogP contribution in [-0.2, 0) is 7.05 Å². The molecule has 0 saturated heterocycles. The number of aryl methyl sites for hydroxylation is 1. The van der Waals surface area contributed by atoms with Crippen molar-refractivity contribution in [1.82, 2.24) is 24.7 Å². The molecule has 0 aliphatic heterocycles. The maximum Gasteiger partial charge on any atom is 0.165 e. The predicted molar refractivity (Wildman–Crippen MR) is 79.7 cm³/mol. The van der Waals surface area contributed by atoms with E-state index in [1.165, 1.54) is 0 Å². The second-order valence-corrected chi connectivity index (χ2v) is 4.87. The van der Waals surface area contributed by atoms with Crippen LogP contribution in [0.3, 0.4) is 0 Å². The molecular weight excluding hydrogens is 268 g/mol. The van der Waals surface area contributed by atoms with E-state index in [1.807, 2.05) is 19.2 Å². The number of hydrogen-bond donors (Lipinski definition) is 2. The number of hydrogen-bond acceptors (Lipinski definition) is 6. The second-order valence-electron chi connectivity index (χ2n) is 4.87. The smallest absolute Gasteiger partial charge is 0.165 e. The first kappa shape index (κ1) is 13.4. The monoisotopic (exact) mass is 284 g/mol. The molecule has 3 aromatic heterocycles. The van der Waals surface area contributed by atoms with Crippen LogP contribution in [0.25, 0.3) is 22.4 Å². The van der Waals surface area contributed by atoms with Crippen molar-refractivity contribution in [3.8, 4) is 11.4 Å². The Morgan fingerprint density at radius 2 is 2.19 bits per heavy atom. The summed E-state index contributed by atoms with van der Waals surface area (Å²) in [5, 5.41) is 17.6. The molecular formula is C14H16N6O. The summed E-state index contributed by atoms with van der Waals surface area (Å²) in [5.74, 6) is 1.24. The van der Waals surface area contributed by atoms with E-state index in [-0.39, 0.29) is 0 Å². The van der Waals surface area contributed by atoms with Crippen LogP contribution >= 0.6 is 0 Å². The second kappa shape index (κ2) is 5.45. The lowest BCUT2D eigenvalue weighted by Gasteiger charge is -2.10. The highest BCUT2D eigenvalue weighted by atomic mass is 16.3. The molecule has 108 valence electrons. The minimum atomic E-state index is -0.464. The Morgan fingerprint density at radius 1 is 1.33 bits per heavy atom. The van der Waals surface area contributed by atoms with Crippen LogP contribution in [0, 0.1) is 0 Å². The molecule has 0 bridgehead atoms. The van der Waals surface area contributed by atoms with E-state index in [9.17, 15) is 5.11 Å². The van der Waals surface area contributed by atoms with Gasteiger partial charge in [-0.3, -0.25) is 9.67 Å². The number of aliphatic hydroxyl groups excluding tert-OH is 1. The molecule has 21 heavy (non-hydrogen) atoms. The van der Waals surface area contributed by atoms with Gasteiger partial charge in [0.05, 0.1) is 17.7 Å². The molecule has 2 N–H and O–H groups in total. The fourth-order valence-electron chi connectivity index (χ4n) is 2.03. The van der Waals surface area contributed by atoms with Crippen molar-refractivity contribution in [1.29, 1.82) is 0 Å². The minimum absolute atomic E-state index is 0.410. The van der Waals surface area contributed by atoms with Crippen molar-refractivity contribution in [2.75, 3.05) is 11.9 Å². The van der Waals surface area contributed by atoms with Gasteiger partial charge >= 0.3 is 0 Å². The number of rotatable bonds is 4. The number of anilines is 1. The lowest BCUT2D eigenvalue weighted by Crippen LogP contribution is -2.16. The van der Waals surface area contributed by atoms with Gasteiger partial charge in [0.15, 0.2) is 11.5 Å². The lowest BCUT2D eigenvalue weighted by molar-refractivity contribution is 0.208. The average molecular weight is 284 g/mol. The van der Waals surface area contributed by atoms with E-state index in [0.29, 0.717) is 18.2 Å². The van der Waals surface area contributed by atoms with E-state index >= 15 is 0 Å².